The summed E-state index contributed by atoms with van der Waals surface area (Å²) in [6, 6.07) is 6.18. The molecule has 0 bridgehead atoms. The first kappa shape index (κ1) is 12.7. The monoisotopic (exact) mass is 325 g/mol. The number of hydrogen-bond acceptors (Lipinski definition) is 5. The SMILES string of the molecule is ClN1C=C2Cn3ncnc3-c3c(cccc3-n3ccnc3)N2C1. The third-order valence-corrected chi connectivity index (χ3v) is 4.36. The molecule has 0 saturated heterocycles. The third-order valence-electron chi connectivity index (χ3n) is 4.16. The van der Waals surface area contributed by atoms with E-state index in [4.69, 9.17) is 11.8 Å². The van der Waals surface area contributed by atoms with Gasteiger partial charge in [-0.05, 0) is 12.1 Å². The Hall–Kier alpha value is -2.80. The van der Waals surface area contributed by atoms with Crippen LogP contribution in [0.4, 0.5) is 5.69 Å². The molecule has 0 fully saturated rings. The molecular weight excluding hydrogens is 314 g/mol. The molecule has 0 atom stereocenters. The zero-order valence-electron chi connectivity index (χ0n) is 12.0. The summed E-state index contributed by atoms with van der Waals surface area (Å²) in [5, 5.41) is 4.38. The van der Waals surface area contributed by atoms with Gasteiger partial charge in [-0.15, -0.1) is 0 Å². The van der Waals surface area contributed by atoms with Crippen LogP contribution < -0.4 is 4.90 Å². The van der Waals surface area contributed by atoms with E-state index in [1.54, 1.807) is 23.3 Å². The standard InChI is InChI=1S/C15H12ClN7/c16-21-6-11-7-23-15(18-8-19-23)14-12(20-5-4-17-9-20)2-1-3-13(14)22(11)10-21/h1-6,8-9H,7,10H2. The maximum Gasteiger partial charge on any atom is 0.162 e. The fraction of sp³-hybridized carbons (Fsp3) is 0.133. The van der Waals surface area contributed by atoms with Crippen molar-refractivity contribution < 1.29 is 0 Å². The zero-order chi connectivity index (χ0) is 15.4. The van der Waals surface area contributed by atoms with E-state index in [0.717, 1.165) is 28.5 Å². The number of nitrogens with zero attached hydrogens (tertiary/aromatic N) is 7. The van der Waals surface area contributed by atoms with Crippen molar-refractivity contribution in [2.24, 2.45) is 0 Å². The second kappa shape index (κ2) is 4.60. The summed E-state index contributed by atoms with van der Waals surface area (Å²) >= 11 is 6.20. The molecule has 1 aromatic carbocycles. The first-order valence-electron chi connectivity index (χ1n) is 7.21. The highest BCUT2D eigenvalue weighted by molar-refractivity contribution is 6.14. The van der Waals surface area contributed by atoms with Gasteiger partial charge in [0.2, 0.25) is 0 Å². The number of benzene rings is 1. The van der Waals surface area contributed by atoms with Crippen LogP contribution in [0.25, 0.3) is 17.1 Å². The minimum atomic E-state index is 0.599. The number of anilines is 1. The summed E-state index contributed by atoms with van der Waals surface area (Å²) in [5.41, 5.74) is 4.20. The Morgan fingerprint density at radius 1 is 1.17 bits per heavy atom. The normalized spacial score (nSPS) is 15.8. The van der Waals surface area contributed by atoms with E-state index < -0.39 is 0 Å². The molecular formula is C15H12ClN7. The van der Waals surface area contributed by atoms with Crippen molar-refractivity contribution in [3.63, 3.8) is 0 Å². The number of aromatic nitrogens is 5. The number of hydrogen-bond donors (Lipinski definition) is 0. The molecule has 0 saturated carbocycles. The molecule has 0 radical (unpaired) electrons. The highest BCUT2D eigenvalue weighted by Gasteiger charge is 2.31. The minimum absolute atomic E-state index is 0.599. The Morgan fingerprint density at radius 2 is 2.09 bits per heavy atom. The van der Waals surface area contributed by atoms with Crippen LogP contribution in [0, 0.1) is 0 Å². The summed E-state index contributed by atoms with van der Waals surface area (Å²) in [4.78, 5) is 10.8. The summed E-state index contributed by atoms with van der Waals surface area (Å²) in [6.45, 7) is 1.23. The predicted molar refractivity (Wildman–Crippen MR) is 85.7 cm³/mol. The van der Waals surface area contributed by atoms with Gasteiger partial charge in [-0.25, -0.2) is 14.6 Å². The zero-order valence-corrected chi connectivity index (χ0v) is 12.8. The van der Waals surface area contributed by atoms with E-state index >= 15 is 0 Å². The first-order valence-corrected chi connectivity index (χ1v) is 7.55. The van der Waals surface area contributed by atoms with Gasteiger partial charge in [-0.3, -0.25) is 4.42 Å². The highest BCUT2D eigenvalue weighted by atomic mass is 35.5. The summed E-state index contributed by atoms with van der Waals surface area (Å²) in [5.74, 6) is 0.848. The maximum atomic E-state index is 6.20. The van der Waals surface area contributed by atoms with Gasteiger partial charge in [0.1, 0.15) is 13.0 Å². The lowest BCUT2D eigenvalue weighted by Crippen LogP contribution is -2.23. The molecule has 4 heterocycles. The van der Waals surface area contributed by atoms with Gasteiger partial charge in [0.15, 0.2) is 5.82 Å². The van der Waals surface area contributed by atoms with Crippen molar-refractivity contribution in [3.8, 4) is 17.1 Å². The number of rotatable bonds is 1. The fourth-order valence-electron chi connectivity index (χ4n) is 3.18. The lowest BCUT2D eigenvalue weighted by Gasteiger charge is -2.23. The summed E-state index contributed by atoms with van der Waals surface area (Å²) in [7, 11) is 0. The van der Waals surface area contributed by atoms with Crippen molar-refractivity contribution in [1.29, 1.82) is 0 Å². The molecule has 5 rings (SSSR count). The largest absolute Gasteiger partial charge is 0.322 e. The molecule has 23 heavy (non-hydrogen) atoms. The van der Waals surface area contributed by atoms with Gasteiger partial charge in [0.05, 0.1) is 35.5 Å². The van der Waals surface area contributed by atoms with Gasteiger partial charge in [0.25, 0.3) is 0 Å². The number of fused-ring (bicyclic) bond motifs is 5. The van der Waals surface area contributed by atoms with E-state index in [1.165, 1.54) is 0 Å². The molecule has 0 spiro atoms. The Bertz CT molecular complexity index is 912. The van der Waals surface area contributed by atoms with Crippen molar-refractivity contribution in [2.75, 3.05) is 11.6 Å². The van der Waals surface area contributed by atoms with E-state index in [0.29, 0.717) is 13.2 Å². The minimum Gasteiger partial charge on any atom is -0.322 e. The molecule has 0 aliphatic carbocycles. The van der Waals surface area contributed by atoms with Crippen LogP contribution in [-0.2, 0) is 6.54 Å². The predicted octanol–water partition coefficient (Wildman–Crippen LogP) is 2.22. The Balaban J connectivity index is 1.83. The number of allylic oxidation sites excluding steroid dienone is 1. The number of imidazole rings is 1. The Labute approximate surface area is 137 Å². The van der Waals surface area contributed by atoms with E-state index in [9.17, 15) is 0 Å². The lowest BCUT2D eigenvalue weighted by molar-refractivity contribution is 0.643. The smallest absolute Gasteiger partial charge is 0.162 e. The molecule has 0 N–H and O–H groups in total. The topological polar surface area (TPSA) is 55.0 Å². The molecule has 0 amide bonds. The Kier molecular flexibility index (Phi) is 2.54. The van der Waals surface area contributed by atoms with Crippen LogP contribution in [0.5, 0.6) is 0 Å². The maximum absolute atomic E-state index is 6.20. The number of halogens is 1. The van der Waals surface area contributed by atoms with Crippen molar-refractivity contribution in [2.45, 2.75) is 6.54 Å². The average molecular weight is 326 g/mol. The molecule has 7 nitrogen and oxygen atoms in total. The Morgan fingerprint density at radius 3 is 2.96 bits per heavy atom. The van der Waals surface area contributed by atoms with Crippen molar-refractivity contribution >= 4 is 17.5 Å². The second-order valence-electron chi connectivity index (χ2n) is 5.47. The van der Waals surface area contributed by atoms with Gasteiger partial charge < -0.3 is 9.47 Å². The molecule has 114 valence electrons. The van der Waals surface area contributed by atoms with Crippen molar-refractivity contribution in [3.05, 3.63) is 55.1 Å². The summed E-state index contributed by atoms with van der Waals surface area (Å²) < 4.78 is 5.55. The van der Waals surface area contributed by atoms with Gasteiger partial charge >= 0.3 is 0 Å². The average Bonchev–Trinajstić information content (AvgIpc) is 3.27. The van der Waals surface area contributed by atoms with Crippen LogP contribution in [-0.4, -0.2) is 35.4 Å². The third kappa shape index (κ3) is 1.80. The van der Waals surface area contributed by atoms with Crippen LogP contribution in [0.3, 0.4) is 0 Å². The van der Waals surface area contributed by atoms with E-state index in [1.807, 2.05) is 27.7 Å². The summed E-state index contributed by atoms with van der Waals surface area (Å²) in [6.07, 6.45) is 9.01. The van der Waals surface area contributed by atoms with Crippen molar-refractivity contribution in [1.82, 2.24) is 28.7 Å². The van der Waals surface area contributed by atoms with E-state index in [-0.39, 0.29) is 0 Å². The van der Waals surface area contributed by atoms with Gasteiger partial charge in [0, 0.05) is 30.4 Å². The molecule has 8 heteroatoms. The first-order chi connectivity index (χ1) is 11.3. The highest BCUT2D eigenvalue weighted by Crippen LogP contribution is 2.41. The molecule has 2 aliphatic heterocycles. The van der Waals surface area contributed by atoms with Crippen LogP contribution >= 0.6 is 11.8 Å². The van der Waals surface area contributed by atoms with Crippen LogP contribution in [0.2, 0.25) is 0 Å². The van der Waals surface area contributed by atoms with E-state index in [2.05, 4.69) is 32.1 Å². The fourth-order valence-corrected chi connectivity index (χ4v) is 3.40. The molecule has 3 aromatic rings. The van der Waals surface area contributed by atoms with Crippen LogP contribution in [0.15, 0.2) is 55.1 Å². The second-order valence-corrected chi connectivity index (χ2v) is 5.91. The van der Waals surface area contributed by atoms with Crippen LogP contribution in [0.1, 0.15) is 0 Å². The molecule has 0 unspecified atom stereocenters. The van der Waals surface area contributed by atoms with Gasteiger partial charge in [-0.2, -0.15) is 5.10 Å². The molecule has 2 aromatic heterocycles. The van der Waals surface area contributed by atoms with Gasteiger partial charge in [-0.1, -0.05) is 6.07 Å². The lowest BCUT2D eigenvalue weighted by atomic mass is 10.1. The molecule has 2 aliphatic rings. The quantitative estimate of drug-likeness (QED) is 0.642.